The molecule has 0 unspecified atom stereocenters. The smallest absolute Gasteiger partial charge is 0.264 e. The molecule has 0 aliphatic carbocycles. The van der Waals surface area contributed by atoms with Gasteiger partial charge in [0, 0.05) is 20.1 Å². The normalized spacial score (nSPS) is 10.9. The molecule has 19 heavy (non-hydrogen) atoms. The predicted octanol–water partition coefficient (Wildman–Crippen LogP) is 1.79. The summed E-state index contributed by atoms with van der Waals surface area (Å²) in [5.41, 5.74) is 0.642. The molecular weight excluding hydrogens is 262 g/mol. The zero-order valence-corrected chi connectivity index (χ0v) is 12.4. The van der Waals surface area contributed by atoms with Crippen LogP contribution in [0.3, 0.4) is 0 Å². The third-order valence-electron chi connectivity index (χ3n) is 3.26. The lowest BCUT2D eigenvalue weighted by Crippen LogP contribution is -2.30. The van der Waals surface area contributed by atoms with E-state index in [1.807, 2.05) is 20.8 Å². The van der Waals surface area contributed by atoms with Crippen LogP contribution in [0.4, 0.5) is 0 Å². The highest BCUT2D eigenvalue weighted by molar-refractivity contribution is 7.20. The highest BCUT2D eigenvalue weighted by Gasteiger charge is 2.21. The quantitative estimate of drug-likeness (QED) is 0.860. The monoisotopic (exact) mass is 279 g/mol. The van der Waals surface area contributed by atoms with Gasteiger partial charge in [0.2, 0.25) is 0 Å². The minimum atomic E-state index is -0.0997. The highest BCUT2D eigenvalue weighted by Crippen LogP contribution is 2.27. The van der Waals surface area contributed by atoms with Gasteiger partial charge < -0.3 is 9.47 Å². The van der Waals surface area contributed by atoms with Gasteiger partial charge in [-0.25, -0.2) is 4.98 Å². The van der Waals surface area contributed by atoms with Crippen molar-refractivity contribution < 1.29 is 4.79 Å². The van der Waals surface area contributed by atoms with Crippen molar-refractivity contribution in [2.24, 2.45) is 7.05 Å². The molecule has 2 heterocycles. The molecule has 0 radical (unpaired) electrons. The lowest BCUT2D eigenvalue weighted by Gasteiger charge is -2.17. The van der Waals surface area contributed by atoms with Crippen molar-refractivity contribution in [3.05, 3.63) is 27.1 Å². The summed E-state index contributed by atoms with van der Waals surface area (Å²) in [4.78, 5) is 31.7. The number of aromatic nitrogens is 2. The maximum atomic E-state index is 12.4. The lowest BCUT2D eigenvalue weighted by atomic mass is 10.2. The maximum absolute atomic E-state index is 12.4. The molecule has 2 aromatic heterocycles. The summed E-state index contributed by atoms with van der Waals surface area (Å²) in [6.45, 7) is 7.03. The Balaban J connectivity index is 2.64. The van der Waals surface area contributed by atoms with Crippen LogP contribution < -0.4 is 5.56 Å². The molecule has 0 saturated carbocycles. The van der Waals surface area contributed by atoms with E-state index in [1.165, 1.54) is 22.2 Å². The van der Waals surface area contributed by atoms with Gasteiger partial charge in [0.25, 0.3) is 11.5 Å². The van der Waals surface area contributed by atoms with Gasteiger partial charge in [-0.2, -0.15) is 0 Å². The number of fused-ring (bicyclic) bond motifs is 1. The van der Waals surface area contributed by atoms with Crippen LogP contribution in [-0.2, 0) is 7.05 Å². The first-order chi connectivity index (χ1) is 9.01. The van der Waals surface area contributed by atoms with Crippen molar-refractivity contribution in [2.45, 2.75) is 20.8 Å². The van der Waals surface area contributed by atoms with Crippen molar-refractivity contribution in [3.63, 3.8) is 0 Å². The van der Waals surface area contributed by atoms with Gasteiger partial charge in [0.1, 0.15) is 4.83 Å². The lowest BCUT2D eigenvalue weighted by molar-refractivity contribution is 0.0777. The second kappa shape index (κ2) is 5.13. The van der Waals surface area contributed by atoms with Crippen LogP contribution in [0.15, 0.2) is 11.1 Å². The molecule has 0 bridgehead atoms. The van der Waals surface area contributed by atoms with E-state index in [-0.39, 0.29) is 11.5 Å². The van der Waals surface area contributed by atoms with Gasteiger partial charge in [-0.15, -0.1) is 11.3 Å². The van der Waals surface area contributed by atoms with Crippen LogP contribution in [0, 0.1) is 6.92 Å². The van der Waals surface area contributed by atoms with Gasteiger partial charge >= 0.3 is 0 Å². The molecule has 0 aromatic carbocycles. The maximum Gasteiger partial charge on any atom is 0.264 e. The van der Waals surface area contributed by atoms with Crippen LogP contribution in [0.25, 0.3) is 10.2 Å². The Morgan fingerprint density at radius 3 is 2.63 bits per heavy atom. The van der Waals surface area contributed by atoms with E-state index in [0.29, 0.717) is 28.2 Å². The average Bonchev–Trinajstić information content (AvgIpc) is 2.73. The third kappa shape index (κ3) is 2.16. The molecular formula is C13H17N3O2S. The molecule has 102 valence electrons. The molecule has 2 aromatic rings. The fraction of sp³-hybridized carbons (Fsp3) is 0.462. The summed E-state index contributed by atoms with van der Waals surface area (Å²) in [6, 6.07) is 0. The van der Waals surface area contributed by atoms with Gasteiger partial charge in [-0.1, -0.05) is 0 Å². The largest absolute Gasteiger partial charge is 0.338 e. The number of carbonyl (C=O) groups excluding carboxylic acids is 1. The number of nitrogens with zero attached hydrogens (tertiary/aromatic N) is 3. The standard InChI is InChI=1S/C13H17N3O2S/c1-5-16(6-2)13(18)10-8(3)9-11(19-10)14-7-15(4)12(9)17/h7H,5-6H2,1-4H3. The van der Waals surface area contributed by atoms with Crippen LogP contribution in [-0.4, -0.2) is 33.4 Å². The van der Waals surface area contributed by atoms with Crippen LogP contribution in [0.2, 0.25) is 0 Å². The number of rotatable bonds is 3. The van der Waals surface area contributed by atoms with Crippen LogP contribution in [0.1, 0.15) is 29.1 Å². The van der Waals surface area contributed by atoms with Crippen molar-refractivity contribution in [1.29, 1.82) is 0 Å². The van der Waals surface area contributed by atoms with Crippen molar-refractivity contribution in [1.82, 2.24) is 14.5 Å². The van der Waals surface area contributed by atoms with Crippen molar-refractivity contribution >= 4 is 27.5 Å². The Bertz CT molecular complexity index is 683. The fourth-order valence-corrected chi connectivity index (χ4v) is 3.17. The molecule has 5 nitrogen and oxygen atoms in total. The van der Waals surface area contributed by atoms with Crippen molar-refractivity contribution in [3.8, 4) is 0 Å². The summed E-state index contributed by atoms with van der Waals surface area (Å²) >= 11 is 1.30. The second-order valence-electron chi connectivity index (χ2n) is 4.37. The molecule has 1 amide bonds. The zero-order valence-electron chi connectivity index (χ0n) is 11.6. The third-order valence-corrected chi connectivity index (χ3v) is 4.44. The summed E-state index contributed by atoms with van der Waals surface area (Å²) < 4.78 is 1.44. The molecule has 0 aliphatic heterocycles. The molecule has 0 N–H and O–H groups in total. The van der Waals surface area contributed by atoms with E-state index < -0.39 is 0 Å². The average molecular weight is 279 g/mol. The minimum Gasteiger partial charge on any atom is -0.338 e. The number of thiophene rings is 1. The Kier molecular flexibility index (Phi) is 3.71. The predicted molar refractivity (Wildman–Crippen MR) is 76.8 cm³/mol. The van der Waals surface area contributed by atoms with Crippen molar-refractivity contribution in [2.75, 3.05) is 13.1 Å². The number of carbonyl (C=O) groups is 1. The first-order valence-corrected chi connectivity index (χ1v) is 7.06. The number of hydrogen-bond donors (Lipinski definition) is 0. The molecule has 0 atom stereocenters. The Morgan fingerprint density at radius 1 is 1.42 bits per heavy atom. The number of amides is 1. The summed E-state index contributed by atoms with van der Waals surface area (Å²) in [7, 11) is 1.66. The van der Waals surface area contributed by atoms with Gasteiger partial charge in [-0.05, 0) is 26.3 Å². The fourth-order valence-electron chi connectivity index (χ4n) is 2.07. The van der Waals surface area contributed by atoms with Gasteiger partial charge in [0.05, 0.1) is 16.6 Å². The Hall–Kier alpha value is -1.69. The molecule has 6 heteroatoms. The molecule has 0 fully saturated rings. The number of hydrogen-bond acceptors (Lipinski definition) is 4. The van der Waals surface area contributed by atoms with E-state index in [2.05, 4.69) is 4.98 Å². The Labute approximate surface area is 115 Å². The van der Waals surface area contributed by atoms with E-state index in [0.717, 1.165) is 5.56 Å². The highest BCUT2D eigenvalue weighted by atomic mass is 32.1. The summed E-state index contributed by atoms with van der Waals surface area (Å²) in [6.07, 6.45) is 1.49. The van der Waals surface area contributed by atoms with Gasteiger partial charge in [-0.3, -0.25) is 9.59 Å². The van der Waals surface area contributed by atoms with E-state index in [4.69, 9.17) is 0 Å². The van der Waals surface area contributed by atoms with Gasteiger partial charge in [0.15, 0.2) is 0 Å². The summed E-state index contributed by atoms with van der Waals surface area (Å²) in [5.74, 6) is -0.0208. The zero-order chi connectivity index (χ0) is 14.2. The van der Waals surface area contributed by atoms with Crippen LogP contribution >= 0.6 is 11.3 Å². The van der Waals surface area contributed by atoms with E-state index in [9.17, 15) is 9.59 Å². The summed E-state index contributed by atoms with van der Waals surface area (Å²) in [5, 5.41) is 0.561. The molecule has 0 saturated heterocycles. The minimum absolute atomic E-state index is 0.0208. The topological polar surface area (TPSA) is 55.2 Å². The van der Waals surface area contributed by atoms with E-state index in [1.54, 1.807) is 11.9 Å². The Morgan fingerprint density at radius 2 is 2.05 bits per heavy atom. The molecule has 0 aliphatic rings. The van der Waals surface area contributed by atoms with E-state index >= 15 is 0 Å². The molecule has 0 spiro atoms. The molecule has 2 rings (SSSR count). The first-order valence-electron chi connectivity index (χ1n) is 6.25. The first kappa shape index (κ1) is 13.7. The van der Waals surface area contributed by atoms with Crippen LogP contribution in [0.5, 0.6) is 0 Å². The second-order valence-corrected chi connectivity index (χ2v) is 5.37. The number of aryl methyl sites for hydroxylation is 2. The SMILES string of the molecule is CCN(CC)C(=O)c1sc2ncn(C)c(=O)c2c1C.